The lowest BCUT2D eigenvalue weighted by Gasteiger charge is -2.09. The zero-order chi connectivity index (χ0) is 14.9. The molecule has 106 valence electrons. The Labute approximate surface area is 126 Å². The summed E-state index contributed by atoms with van der Waals surface area (Å²) in [6.07, 6.45) is 0. The first-order chi connectivity index (χ1) is 9.31. The highest BCUT2D eigenvalue weighted by Crippen LogP contribution is 2.27. The summed E-state index contributed by atoms with van der Waals surface area (Å²) in [4.78, 5) is -0.0822. The molecule has 0 fully saturated rings. The van der Waals surface area contributed by atoms with E-state index in [1.54, 1.807) is 0 Å². The molecule has 0 aliphatic rings. The van der Waals surface area contributed by atoms with Gasteiger partial charge in [0, 0.05) is 10.6 Å². The zero-order valence-corrected chi connectivity index (χ0v) is 12.4. The molecule has 7 heteroatoms. The van der Waals surface area contributed by atoms with Crippen molar-refractivity contribution in [2.24, 2.45) is 0 Å². The van der Waals surface area contributed by atoms with E-state index in [1.165, 1.54) is 36.4 Å². The average molecular weight is 334 g/mol. The number of rotatable bonds is 3. The number of nitrogens with two attached hydrogens (primary N) is 1. The quantitative estimate of drug-likeness (QED) is 0.871. The van der Waals surface area contributed by atoms with Gasteiger partial charge in [0.1, 0.15) is 5.82 Å². The van der Waals surface area contributed by atoms with Crippen LogP contribution in [-0.2, 0) is 15.6 Å². The molecule has 20 heavy (non-hydrogen) atoms. The number of hydrogen-bond donors (Lipinski definition) is 1. The Morgan fingerprint density at radius 3 is 2.50 bits per heavy atom. The molecule has 0 heterocycles. The van der Waals surface area contributed by atoms with Gasteiger partial charge in [-0.3, -0.25) is 0 Å². The van der Waals surface area contributed by atoms with Crippen LogP contribution >= 0.6 is 23.2 Å². The summed E-state index contributed by atoms with van der Waals surface area (Å²) in [6, 6.07) is 8.26. The lowest BCUT2D eigenvalue weighted by molar-refractivity contribution is 0.587. The second-order valence-electron chi connectivity index (χ2n) is 4.15. The number of sulfone groups is 1. The summed E-state index contributed by atoms with van der Waals surface area (Å²) in [6.45, 7) is 0. The monoisotopic (exact) mass is 333 g/mol. The Hall–Kier alpha value is -1.30. The Bertz CT molecular complexity index is 763. The van der Waals surface area contributed by atoms with Gasteiger partial charge in [-0.2, -0.15) is 0 Å². The van der Waals surface area contributed by atoms with Gasteiger partial charge >= 0.3 is 0 Å². The van der Waals surface area contributed by atoms with Crippen molar-refractivity contribution in [3.05, 3.63) is 57.8 Å². The molecule has 0 bridgehead atoms. The molecular formula is C13H10Cl2FNO2S. The molecule has 3 nitrogen and oxygen atoms in total. The molecule has 0 aromatic heterocycles. The van der Waals surface area contributed by atoms with Gasteiger partial charge in [-0.1, -0.05) is 35.3 Å². The molecule has 0 spiro atoms. The van der Waals surface area contributed by atoms with E-state index in [-0.39, 0.29) is 21.2 Å². The van der Waals surface area contributed by atoms with Crippen molar-refractivity contribution in [3.8, 4) is 0 Å². The van der Waals surface area contributed by atoms with Crippen molar-refractivity contribution in [2.45, 2.75) is 10.6 Å². The predicted molar refractivity (Wildman–Crippen MR) is 78.2 cm³/mol. The number of benzene rings is 2. The average Bonchev–Trinajstić information content (AvgIpc) is 2.34. The highest BCUT2D eigenvalue weighted by atomic mass is 35.5. The van der Waals surface area contributed by atoms with Gasteiger partial charge < -0.3 is 5.73 Å². The van der Waals surface area contributed by atoms with E-state index in [0.717, 1.165) is 0 Å². The van der Waals surface area contributed by atoms with E-state index in [2.05, 4.69) is 0 Å². The molecule has 0 saturated heterocycles. The fourth-order valence-electron chi connectivity index (χ4n) is 1.74. The van der Waals surface area contributed by atoms with Gasteiger partial charge in [0.2, 0.25) is 0 Å². The summed E-state index contributed by atoms with van der Waals surface area (Å²) in [5.41, 5.74) is 5.67. The van der Waals surface area contributed by atoms with Crippen LogP contribution < -0.4 is 5.73 Å². The van der Waals surface area contributed by atoms with E-state index in [4.69, 9.17) is 28.9 Å². The number of nitrogen functional groups attached to an aromatic ring is 1. The van der Waals surface area contributed by atoms with Crippen molar-refractivity contribution >= 4 is 38.7 Å². The minimum absolute atomic E-state index is 0.00755. The van der Waals surface area contributed by atoms with Gasteiger partial charge in [-0.05, 0) is 24.3 Å². The molecule has 2 aromatic carbocycles. The maximum atomic E-state index is 13.8. The Kier molecular flexibility index (Phi) is 4.22. The molecule has 2 N–H and O–H groups in total. The number of anilines is 1. The van der Waals surface area contributed by atoms with Crippen molar-refractivity contribution in [1.29, 1.82) is 0 Å². The lowest BCUT2D eigenvalue weighted by atomic mass is 10.2. The third kappa shape index (κ3) is 3.06. The summed E-state index contributed by atoms with van der Waals surface area (Å²) in [5, 5.41) is 0.206. The van der Waals surface area contributed by atoms with Crippen LogP contribution in [0.15, 0.2) is 41.3 Å². The molecular weight excluding hydrogens is 324 g/mol. The van der Waals surface area contributed by atoms with Gasteiger partial charge in [0.15, 0.2) is 9.84 Å². The third-order valence-corrected chi connectivity index (χ3v) is 4.94. The van der Waals surface area contributed by atoms with Crippen LogP contribution in [0.1, 0.15) is 5.56 Å². The Morgan fingerprint density at radius 1 is 1.15 bits per heavy atom. The maximum absolute atomic E-state index is 13.8. The molecule has 0 aliphatic heterocycles. The smallest absolute Gasteiger partial charge is 0.184 e. The highest BCUT2D eigenvalue weighted by molar-refractivity contribution is 7.90. The van der Waals surface area contributed by atoms with Crippen LogP contribution in [0, 0.1) is 5.82 Å². The fraction of sp³-hybridized carbons (Fsp3) is 0.0769. The summed E-state index contributed by atoms with van der Waals surface area (Å²) >= 11 is 11.3. The highest BCUT2D eigenvalue weighted by Gasteiger charge is 2.21. The second-order valence-corrected chi connectivity index (χ2v) is 6.96. The van der Waals surface area contributed by atoms with Crippen LogP contribution in [0.2, 0.25) is 10.0 Å². The summed E-state index contributed by atoms with van der Waals surface area (Å²) < 4.78 is 38.3. The molecule has 0 amide bonds. The third-order valence-electron chi connectivity index (χ3n) is 2.68. The van der Waals surface area contributed by atoms with Gasteiger partial charge in [0.25, 0.3) is 0 Å². The van der Waals surface area contributed by atoms with E-state index >= 15 is 0 Å². The minimum Gasteiger partial charge on any atom is -0.398 e. The molecule has 0 unspecified atom stereocenters. The first-order valence-electron chi connectivity index (χ1n) is 5.52. The molecule has 0 atom stereocenters. The van der Waals surface area contributed by atoms with Gasteiger partial charge in [-0.25, -0.2) is 12.8 Å². The summed E-state index contributed by atoms with van der Waals surface area (Å²) in [7, 11) is -3.78. The number of halogens is 3. The topological polar surface area (TPSA) is 60.2 Å². The van der Waals surface area contributed by atoms with Crippen molar-refractivity contribution in [3.63, 3.8) is 0 Å². The number of hydrogen-bond acceptors (Lipinski definition) is 3. The lowest BCUT2D eigenvalue weighted by Crippen LogP contribution is -2.09. The van der Waals surface area contributed by atoms with Crippen molar-refractivity contribution in [2.75, 3.05) is 5.73 Å². The molecule has 2 rings (SSSR count). The fourth-order valence-corrected chi connectivity index (χ4v) is 3.60. The van der Waals surface area contributed by atoms with E-state index in [1.807, 2.05) is 0 Å². The first-order valence-corrected chi connectivity index (χ1v) is 7.93. The van der Waals surface area contributed by atoms with Crippen molar-refractivity contribution < 1.29 is 12.8 Å². The van der Waals surface area contributed by atoms with Crippen LogP contribution in [-0.4, -0.2) is 8.42 Å². The molecule has 2 aromatic rings. The maximum Gasteiger partial charge on any atom is 0.184 e. The first kappa shape index (κ1) is 15.1. The molecule has 0 aliphatic carbocycles. The van der Waals surface area contributed by atoms with E-state index in [9.17, 15) is 12.8 Å². The summed E-state index contributed by atoms with van der Waals surface area (Å²) in [5.74, 6) is -1.27. The molecule has 0 radical (unpaired) electrons. The minimum atomic E-state index is -3.78. The van der Waals surface area contributed by atoms with Gasteiger partial charge in [-0.15, -0.1) is 0 Å². The van der Waals surface area contributed by atoms with E-state index in [0.29, 0.717) is 5.02 Å². The molecule has 0 saturated carbocycles. The van der Waals surface area contributed by atoms with Crippen LogP contribution in [0.5, 0.6) is 0 Å². The SMILES string of the molecule is Nc1cc(Cl)ccc1S(=O)(=O)Cc1cccc(Cl)c1F. The standard InChI is InChI=1S/C13H10Cl2FNO2S/c14-9-4-5-12(11(17)6-9)20(18,19)7-8-2-1-3-10(15)13(8)16/h1-6H,7,17H2. The van der Waals surface area contributed by atoms with Crippen LogP contribution in [0.4, 0.5) is 10.1 Å². The van der Waals surface area contributed by atoms with Crippen molar-refractivity contribution in [1.82, 2.24) is 0 Å². The van der Waals surface area contributed by atoms with Gasteiger partial charge in [0.05, 0.1) is 21.4 Å². The normalized spacial score (nSPS) is 11.6. The largest absolute Gasteiger partial charge is 0.398 e. The van der Waals surface area contributed by atoms with Crippen LogP contribution in [0.3, 0.4) is 0 Å². The Morgan fingerprint density at radius 2 is 1.85 bits per heavy atom. The van der Waals surface area contributed by atoms with E-state index < -0.39 is 21.4 Å². The Balaban J connectivity index is 2.44. The zero-order valence-electron chi connectivity index (χ0n) is 10.1. The second kappa shape index (κ2) is 5.60. The van der Waals surface area contributed by atoms with Crippen LogP contribution in [0.25, 0.3) is 0 Å². The predicted octanol–water partition coefficient (Wildman–Crippen LogP) is 3.69.